The summed E-state index contributed by atoms with van der Waals surface area (Å²) in [5.74, 6) is 5.51. The average molecular weight is 279 g/mol. The third-order valence-electron chi connectivity index (χ3n) is 3.39. The lowest BCUT2D eigenvalue weighted by Crippen LogP contribution is -2.30. The molecule has 1 aliphatic carbocycles. The maximum Gasteiger partial charge on any atom is 0.136 e. The van der Waals surface area contributed by atoms with E-state index in [1.165, 1.54) is 6.08 Å². The second kappa shape index (κ2) is 5.42. The summed E-state index contributed by atoms with van der Waals surface area (Å²) < 4.78 is 14.5. The van der Waals surface area contributed by atoms with Gasteiger partial charge in [-0.05, 0) is 38.7 Å². The maximum atomic E-state index is 14.5. The summed E-state index contributed by atoms with van der Waals surface area (Å²) in [7, 11) is 0. The van der Waals surface area contributed by atoms with Crippen molar-refractivity contribution in [1.29, 1.82) is 0 Å². The first kappa shape index (κ1) is 14.8. The SMILES string of the molecule is C=Cc1cc(NN)c(NCC(C)(C)O)c(C2CC2)c1F. The molecular weight excluding hydrogens is 257 g/mol. The highest BCUT2D eigenvalue weighted by atomic mass is 19.1. The largest absolute Gasteiger partial charge is 0.389 e. The second-order valence-electron chi connectivity index (χ2n) is 5.90. The molecular formula is C15H22FN3O. The highest BCUT2D eigenvalue weighted by molar-refractivity contribution is 5.77. The van der Waals surface area contributed by atoms with Crippen LogP contribution in [0.1, 0.15) is 43.7 Å². The van der Waals surface area contributed by atoms with E-state index in [2.05, 4.69) is 17.3 Å². The number of hydrogen-bond donors (Lipinski definition) is 4. The first-order valence-electron chi connectivity index (χ1n) is 6.79. The van der Waals surface area contributed by atoms with Crippen molar-refractivity contribution in [3.8, 4) is 0 Å². The Labute approximate surface area is 118 Å². The van der Waals surface area contributed by atoms with Gasteiger partial charge >= 0.3 is 0 Å². The van der Waals surface area contributed by atoms with Crippen LogP contribution in [0.5, 0.6) is 0 Å². The fourth-order valence-corrected chi connectivity index (χ4v) is 2.21. The fourth-order valence-electron chi connectivity index (χ4n) is 2.21. The molecule has 0 unspecified atom stereocenters. The van der Waals surface area contributed by atoms with Gasteiger partial charge in [-0.2, -0.15) is 0 Å². The summed E-state index contributed by atoms with van der Waals surface area (Å²) in [6.45, 7) is 7.34. The molecule has 4 nitrogen and oxygen atoms in total. The van der Waals surface area contributed by atoms with E-state index in [1.807, 2.05) is 0 Å². The number of hydrazine groups is 1. The minimum absolute atomic E-state index is 0.214. The number of rotatable bonds is 6. The number of nitrogens with two attached hydrogens (primary N) is 1. The second-order valence-corrected chi connectivity index (χ2v) is 5.90. The predicted molar refractivity (Wildman–Crippen MR) is 81.1 cm³/mol. The van der Waals surface area contributed by atoms with Crippen LogP contribution in [0.25, 0.3) is 6.08 Å². The molecule has 110 valence electrons. The van der Waals surface area contributed by atoms with Crippen molar-refractivity contribution in [3.63, 3.8) is 0 Å². The Balaban J connectivity index is 2.46. The van der Waals surface area contributed by atoms with Crippen LogP contribution in [-0.2, 0) is 0 Å². The summed E-state index contributed by atoms with van der Waals surface area (Å²) in [6, 6.07) is 1.63. The number of nitrogens with one attached hydrogen (secondary N) is 2. The van der Waals surface area contributed by atoms with Crippen LogP contribution >= 0.6 is 0 Å². The van der Waals surface area contributed by atoms with Crippen LogP contribution in [0.3, 0.4) is 0 Å². The van der Waals surface area contributed by atoms with Crippen LogP contribution in [0, 0.1) is 5.82 Å². The Morgan fingerprint density at radius 1 is 1.55 bits per heavy atom. The van der Waals surface area contributed by atoms with Gasteiger partial charge in [0.25, 0.3) is 0 Å². The van der Waals surface area contributed by atoms with Gasteiger partial charge in [-0.3, -0.25) is 5.84 Å². The molecule has 0 radical (unpaired) electrons. The van der Waals surface area contributed by atoms with Gasteiger partial charge in [0, 0.05) is 17.7 Å². The van der Waals surface area contributed by atoms with E-state index in [4.69, 9.17) is 5.84 Å². The molecule has 0 spiro atoms. The van der Waals surface area contributed by atoms with Gasteiger partial charge in [-0.15, -0.1) is 0 Å². The fraction of sp³-hybridized carbons (Fsp3) is 0.467. The summed E-state index contributed by atoms with van der Waals surface area (Å²) in [5, 5.41) is 13.0. The van der Waals surface area contributed by atoms with Crippen molar-refractivity contribution < 1.29 is 9.50 Å². The van der Waals surface area contributed by atoms with E-state index >= 15 is 0 Å². The topological polar surface area (TPSA) is 70.3 Å². The molecule has 2 rings (SSSR count). The molecule has 0 bridgehead atoms. The molecule has 1 fully saturated rings. The lowest BCUT2D eigenvalue weighted by Gasteiger charge is -2.23. The van der Waals surface area contributed by atoms with Crippen molar-refractivity contribution in [2.24, 2.45) is 5.84 Å². The molecule has 1 aromatic rings. The van der Waals surface area contributed by atoms with Gasteiger partial charge in [0.1, 0.15) is 5.82 Å². The molecule has 0 heterocycles. The number of halogens is 1. The predicted octanol–water partition coefficient (Wildman–Crippen LogP) is 2.81. The van der Waals surface area contributed by atoms with Crippen molar-refractivity contribution in [3.05, 3.63) is 29.6 Å². The van der Waals surface area contributed by atoms with Crippen LogP contribution in [0.15, 0.2) is 12.6 Å². The smallest absolute Gasteiger partial charge is 0.136 e. The van der Waals surface area contributed by atoms with E-state index in [0.29, 0.717) is 29.0 Å². The minimum Gasteiger partial charge on any atom is -0.389 e. The highest BCUT2D eigenvalue weighted by Gasteiger charge is 2.32. The average Bonchev–Trinajstić information content (AvgIpc) is 3.19. The Morgan fingerprint density at radius 3 is 2.65 bits per heavy atom. The monoisotopic (exact) mass is 279 g/mol. The van der Waals surface area contributed by atoms with Gasteiger partial charge in [-0.25, -0.2) is 4.39 Å². The van der Waals surface area contributed by atoms with E-state index in [-0.39, 0.29) is 11.7 Å². The molecule has 1 aromatic carbocycles. The summed E-state index contributed by atoms with van der Waals surface area (Å²) in [4.78, 5) is 0. The lowest BCUT2D eigenvalue weighted by atomic mass is 10.0. The zero-order valence-electron chi connectivity index (χ0n) is 12.0. The highest BCUT2D eigenvalue weighted by Crippen LogP contribution is 2.48. The van der Waals surface area contributed by atoms with Gasteiger partial charge in [-0.1, -0.05) is 12.7 Å². The van der Waals surface area contributed by atoms with Gasteiger partial charge < -0.3 is 15.8 Å². The molecule has 5 heteroatoms. The molecule has 0 aliphatic heterocycles. The number of hydrogen-bond acceptors (Lipinski definition) is 4. The zero-order valence-corrected chi connectivity index (χ0v) is 12.0. The molecule has 0 atom stereocenters. The standard InChI is InChI=1S/C15H22FN3O/c1-4-9-7-11(19-17)14(18-8-15(2,3)20)12(13(9)16)10-5-6-10/h4,7,10,18-20H,1,5-6,8,17H2,2-3H3. The summed E-state index contributed by atoms with van der Waals surface area (Å²) >= 11 is 0. The quantitative estimate of drug-likeness (QED) is 0.477. The Kier molecular flexibility index (Phi) is 4.01. The molecule has 1 saturated carbocycles. The van der Waals surface area contributed by atoms with Crippen molar-refractivity contribution >= 4 is 17.5 Å². The van der Waals surface area contributed by atoms with E-state index < -0.39 is 5.60 Å². The molecule has 5 N–H and O–H groups in total. The van der Waals surface area contributed by atoms with Crippen LogP contribution in [0.4, 0.5) is 15.8 Å². The first-order valence-corrected chi connectivity index (χ1v) is 6.79. The summed E-state index contributed by atoms with van der Waals surface area (Å²) in [5.41, 5.74) is 4.04. The molecule has 20 heavy (non-hydrogen) atoms. The Bertz CT molecular complexity index is 519. The van der Waals surface area contributed by atoms with Crippen molar-refractivity contribution in [1.82, 2.24) is 0 Å². The Morgan fingerprint density at radius 2 is 2.20 bits per heavy atom. The number of benzene rings is 1. The Hall–Kier alpha value is -1.59. The van der Waals surface area contributed by atoms with Gasteiger partial charge in [0.05, 0.1) is 17.0 Å². The first-order chi connectivity index (χ1) is 9.37. The third kappa shape index (κ3) is 3.11. The number of aliphatic hydroxyl groups is 1. The van der Waals surface area contributed by atoms with Crippen molar-refractivity contribution in [2.75, 3.05) is 17.3 Å². The molecule has 0 aromatic heterocycles. The van der Waals surface area contributed by atoms with Gasteiger partial charge in [0.2, 0.25) is 0 Å². The van der Waals surface area contributed by atoms with E-state index in [9.17, 15) is 9.50 Å². The van der Waals surface area contributed by atoms with E-state index in [1.54, 1.807) is 19.9 Å². The summed E-state index contributed by atoms with van der Waals surface area (Å²) in [6.07, 6.45) is 3.43. The number of nitrogen functional groups attached to an aromatic ring is 1. The number of anilines is 2. The maximum absolute atomic E-state index is 14.5. The lowest BCUT2D eigenvalue weighted by molar-refractivity contribution is 0.0945. The normalized spacial score (nSPS) is 15.1. The van der Waals surface area contributed by atoms with Crippen LogP contribution in [0.2, 0.25) is 0 Å². The molecule has 0 amide bonds. The van der Waals surface area contributed by atoms with E-state index in [0.717, 1.165) is 12.8 Å². The van der Waals surface area contributed by atoms with Gasteiger partial charge in [0.15, 0.2) is 0 Å². The van der Waals surface area contributed by atoms with Crippen LogP contribution < -0.4 is 16.6 Å². The zero-order chi connectivity index (χ0) is 14.9. The third-order valence-corrected chi connectivity index (χ3v) is 3.39. The minimum atomic E-state index is -0.889. The molecule has 0 saturated heterocycles. The van der Waals surface area contributed by atoms with Crippen molar-refractivity contribution in [2.45, 2.75) is 38.2 Å². The molecule has 1 aliphatic rings. The van der Waals surface area contributed by atoms with Crippen LogP contribution in [-0.4, -0.2) is 17.3 Å².